The second-order valence-corrected chi connectivity index (χ2v) is 7.13. The van der Waals surface area contributed by atoms with E-state index in [1.165, 1.54) is 29.5 Å². The number of hydrogen-bond donors (Lipinski definition) is 1. The van der Waals surface area contributed by atoms with Gasteiger partial charge in [0.05, 0.1) is 12.2 Å². The van der Waals surface area contributed by atoms with Crippen molar-refractivity contribution in [2.75, 3.05) is 0 Å². The van der Waals surface area contributed by atoms with Crippen LogP contribution in [0.5, 0.6) is 0 Å². The molecule has 1 amide bonds. The van der Waals surface area contributed by atoms with Crippen LogP contribution in [0.4, 0.5) is 17.6 Å². The number of aromatic nitrogens is 3. The number of rotatable bonds is 4. The highest BCUT2D eigenvalue weighted by Gasteiger charge is 2.35. The summed E-state index contributed by atoms with van der Waals surface area (Å²) in [5.41, 5.74) is -1.10. The molecule has 148 valence electrons. The van der Waals surface area contributed by atoms with Gasteiger partial charge in [-0.2, -0.15) is 18.3 Å². The average Bonchev–Trinajstić information content (AvgIpc) is 3.34. The fourth-order valence-corrected chi connectivity index (χ4v) is 3.37. The Labute approximate surface area is 165 Å². The van der Waals surface area contributed by atoms with Crippen molar-refractivity contribution in [3.05, 3.63) is 76.0 Å². The molecule has 5 nitrogen and oxygen atoms in total. The predicted molar refractivity (Wildman–Crippen MR) is 98.9 cm³/mol. The van der Waals surface area contributed by atoms with Crippen molar-refractivity contribution in [3.8, 4) is 11.3 Å². The molecule has 0 unspecified atom stereocenters. The minimum atomic E-state index is -4.73. The molecule has 0 bridgehead atoms. The van der Waals surface area contributed by atoms with Crippen molar-refractivity contribution in [2.45, 2.75) is 12.7 Å². The minimum absolute atomic E-state index is 0.00438. The highest BCUT2D eigenvalue weighted by atomic mass is 32.1. The third-order valence-electron chi connectivity index (χ3n) is 4.09. The zero-order valence-corrected chi connectivity index (χ0v) is 15.4. The molecular formula is C19H12F4N4OS. The first-order chi connectivity index (χ1) is 13.8. The zero-order chi connectivity index (χ0) is 20.6. The second kappa shape index (κ2) is 7.28. The van der Waals surface area contributed by atoms with E-state index in [-0.39, 0.29) is 23.6 Å². The quantitative estimate of drug-likeness (QED) is 0.493. The van der Waals surface area contributed by atoms with Crippen LogP contribution in [0.25, 0.3) is 16.9 Å². The van der Waals surface area contributed by atoms with E-state index in [2.05, 4.69) is 15.4 Å². The molecule has 29 heavy (non-hydrogen) atoms. The molecule has 0 saturated heterocycles. The summed E-state index contributed by atoms with van der Waals surface area (Å²) in [5, 5.41) is 8.26. The Morgan fingerprint density at radius 3 is 2.55 bits per heavy atom. The SMILES string of the molecule is O=C(NCc1cccs1)c1cc2nc(-c3ccc(F)cc3)cc(C(F)(F)F)n2n1. The maximum Gasteiger partial charge on any atom is 0.433 e. The number of carbonyl (C=O) groups is 1. The molecule has 3 heterocycles. The van der Waals surface area contributed by atoms with Gasteiger partial charge in [0.2, 0.25) is 0 Å². The summed E-state index contributed by atoms with van der Waals surface area (Å²) in [4.78, 5) is 17.4. The third-order valence-corrected chi connectivity index (χ3v) is 4.97. The van der Waals surface area contributed by atoms with E-state index >= 15 is 0 Å². The molecule has 0 aliphatic rings. The maximum atomic E-state index is 13.6. The lowest BCUT2D eigenvalue weighted by molar-refractivity contribution is -0.142. The van der Waals surface area contributed by atoms with Gasteiger partial charge in [-0.15, -0.1) is 11.3 Å². The summed E-state index contributed by atoms with van der Waals surface area (Å²) in [6.45, 7) is 0.241. The smallest absolute Gasteiger partial charge is 0.346 e. The van der Waals surface area contributed by atoms with Gasteiger partial charge in [0.15, 0.2) is 17.0 Å². The van der Waals surface area contributed by atoms with Crippen LogP contribution in [0.2, 0.25) is 0 Å². The Morgan fingerprint density at radius 1 is 1.14 bits per heavy atom. The van der Waals surface area contributed by atoms with Crippen LogP contribution in [0.1, 0.15) is 21.1 Å². The molecule has 0 aliphatic carbocycles. The van der Waals surface area contributed by atoms with Gasteiger partial charge < -0.3 is 5.32 Å². The lowest BCUT2D eigenvalue weighted by atomic mass is 10.1. The number of nitrogens with one attached hydrogen (secondary N) is 1. The molecule has 0 aliphatic heterocycles. The number of halogens is 4. The number of hydrogen-bond acceptors (Lipinski definition) is 4. The van der Waals surface area contributed by atoms with E-state index < -0.39 is 23.6 Å². The van der Waals surface area contributed by atoms with E-state index in [9.17, 15) is 22.4 Å². The number of amides is 1. The molecule has 0 fully saturated rings. The lowest BCUT2D eigenvalue weighted by Gasteiger charge is -2.11. The monoisotopic (exact) mass is 420 g/mol. The van der Waals surface area contributed by atoms with E-state index in [0.717, 1.165) is 23.1 Å². The van der Waals surface area contributed by atoms with Crippen molar-refractivity contribution in [1.29, 1.82) is 0 Å². The highest BCUT2D eigenvalue weighted by molar-refractivity contribution is 7.09. The van der Waals surface area contributed by atoms with Crippen molar-refractivity contribution in [2.24, 2.45) is 0 Å². The molecule has 0 spiro atoms. The molecular weight excluding hydrogens is 408 g/mol. The summed E-state index contributed by atoms with van der Waals surface area (Å²) >= 11 is 1.44. The van der Waals surface area contributed by atoms with Gasteiger partial charge in [0, 0.05) is 16.5 Å². The molecule has 4 aromatic rings. The van der Waals surface area contributed by atoms with Crippen molar-refractivity contribution in [3.63, 3.8) is 0 Å². The topological polar surface area (TPSA) is 59.3 Å². The molecule has 1 aromatic carbocycles. The largest absolute Gasteiger partial charge is 0.433 e. The molecule has 3 aromatic heterocycles. The third kappa shape index (κ3) is 3.97. The molecule has 0 saturated carbocycles. The van der Waals surface area contributed by atoms with Crippen LogP contribution in [-0.4, -0.2) is 20.5 Å². The fraction of sp³-hybridized carbons (Fsp3) is 0.105. The second-order valence-electron chi connectivity index (χ2n) is 6.09. The highest BCUT2D eigenvalue weighted by Crippen LogP contribution is 2.32. The first-order valence-corrected chi connectivity index (χ1v) is 9.24. The molecule has 0 radical (unpaired) electrons. The summed E-state index contributed by atoms with van der Waals surface area (Å²) in [6.07, 6.45) is -4.73. The molecule has 10 heteroatoms. The molecule has 1 N–H and O–H groups in total. The Bertz CT molecular complexity index is 1170. The van der Waals surface area contributed by atoms with Gasteiger partial charge >= 0.3 is 6.18 Å². The van der Waals surface area contributed by atoms with E-state index in [1.54, 1.807) is 0 Å². The van der Waals surface area contributed by atoms with Crippen LogP contribution in [0.3, 0.4) is 0 Å². The first-order valence-electron chi connectivity index (χ1n) is 8.36. The van der Waals surface area contributed by atoms with Crippen LogP contribution < -0.4 is 5.32 Å². The van der Waals surface area contributed by atoms with Crippen molar-refractivity contribution < 1.29 is 22.4 Å². The van der Waals surface area contributed by atoms with Gasteiger partial charge in [-0.1, -0.05) is 6.07 Å². The standard InChI is InChI=1S/C19H12F4N4OS/c20-12-5-3-11(4-6-12)14-8-16(19(21,22)23)27-17(25-14)9-15(26-27)18(28)24-10-13-2-1-7-29-13/h1-9H,10H2,(H,24,28). The van der Waals surface area contributed by atoms with Crippen LogP contribution in [-0.2, 0) is 12.7 Å². The Morgan fingerprint density at radius 2 is 1.90 bits per heavy atom. The molecule has 4 rings (SSSR count). The fourth-order valence-electron chi connectivity index (χ4n) is 2.73. The average molecular weight is 420 g/mol. The van der Waals surface area contributed by atoms with Gasteiger partial charge in [-0.05, 0) is 41.8 Å². The summed E-state index contributed by atoms with van der Waals surface area (Å²) < 4.78 is 54.4. The van der Waals surface area contributed by atoms with Gasteiger partial charge in [-0.3, -0.25) is 4.79 Å². The maximum absolute atomic E-state index is 13.6. The van der Waals surface area contributed by atoms with Gasteiger partial charge in [0.1, 0.15) is 5.82 Å². The van der Waals surface area contributed by atoms with E-state index in [4.69, 9.17) is 0 Å². The van der Waals surface area contributed by atoms with E-state index in [1.807, 2.05) is 17.5 Å². The number of nitrogens with zero attached hydrogens (tertiary/aromatic N) is 3. The van der Waals surface area contributed by atoms with Crippen molar-refractivity contribution in [1.82, 2.24) is 19.9 Å². The molecule has 0 atom stereocenters. The van der Waals surface area contributed by atoms with Crippen LogP contribution >= 0.6 is 11.3 Å². The van der Waals surface area contributed by atoms with Crippen LogP contribution in [0, 0.1) is 5.82 Å². The normalized spacial score (nSPS) is 11.7. The Balaban J connectivity index is 1.73. The predicted octanol–water partition coefficient (Wildman–Crippen LogP) is 4.55. The Kier molecular flexibility index (Phi) is 4.79. The van der Waals surface area contributed by atoms with Gasteiger partial charge in [0.25, 0.3) is 5.91 Å². The lowest BCUT2D eigenvalue weighted by Crippen LogP contribution is -2.23. The Hall–Kier alpha value is -3.27. The number of thiophene rings is 1. The first kappa shape index (κ1) is 19.1. The summed E-state index contributed by atoms with van der Waals surface area (Å²) in [5.74, 6) is -1.12. The van der Waals surface area contributed by atoms with Gasteiger partial charge in [-0.25, -0.2) is 13.9 Å². The number of alkyl halides is 3. The van der Waals surface area contributed by atoms with E-state index in [0.29, 0.717) is 10.1 Å². The van der Waals surface area contributed by atoms with Crippen molar-refractivity contribution >= 4 is 22.9 Å². The van der Waals surface area contributed by atoms with Crippen LogP contribution in [0.15, 0.2) is 53.9 Å². The number of carbonyl (C=O) groups excluding carboxylic acids is 1. The zero-order valence-electron chi connectivity index (χ0n) is 14.6. The summed E-state index contributed by atoms with van der Waals surface area (Å²) in [6, 6.07) is 10.6. The number of benzene rings is 1. The number of fused-ring (bicyclic) bond motifs is 1. The minimum Gasteiger partial charge on any atom is -0.346 e. The summed E-state index contributed by atoms with van der Waals surface area (Å²) in [7, 11) is 0.